The molecule has 3 aromatic rings. The molecule has 0 radical (unpaired) electrons. The number of alkyl halides is 3. The molecule has 1 fully saturated rings. The molecule has 1 aliphatic carbocycles. The molecule has 2 aromatic heterocycles. The Morgan fingerprint density at radius 1 is 1.24 bits per heavy atom. The van der Waals surface area contributed by atoms with E-state index in [0.29, 0.717) is 18.5 Å². The van der Waals surface area contributed by atoms with Gasteiger partial charge in [-0.15, -0.1) is 0 Å². The first kappa shape index (κ1) is 23.2. The SMILES string of the molecule is CN(C)[C@H](CNC(=O)C[C@H](c1cccnc1)C1(C(F)(F)F)CC1)Cc1ccc2[nH]ncc2c1. The molecule has 33 heavy (non-hydrogen) atoms. The highest BCUT2D eigenvalue weighted by molar-refractivity contribution is 5.78. The Hall–Kier alpha value is -2.94. The van der Waals surface area contributed by atoms with Gasteiger partial charge in [-0.2, -0.15) is 18.3 Å². The van der Waals surface area contributed by atoms with Gasteiger partial charge in [-0.3, -0.25) is 14.9 Å². The van der Waals surface area contributed by atoms with Gasteiger partial charge in [0.05, 0.1) is 17.1 Å². The minimum absolute atomic E-state index is 0.00681. The maximum Gasteiger partial charge on any atom is 0.395 e. The molecular formula is C24H28F3N5O. The topological polar surface area (TPSA) is 73.9 Å². The number of nitrogens with zero attached hydrogens (tertiary/aromatic N) is 3. The summed E-state index contributed by atoms with van der Waals surface area (Å²) in [7, 11) is 3.85. The van der Waals surface area contributed by atoms with Crippen molar-refractivity contribution in [3.8, 4) is 0 Å². The quantitative estimate of drug-likeness (QED) is 0.506. The molecule has 1 saturated carbocycles. The van der Waals surface area contributed by atoms with E-state index in [1.165, 1.54) is 12.4 Å². The van der Waals surface area contributed by atoms with Crippen molar-refractivity contribution >= 4 is 16.8 Å². The molecule has 176 valence electrons. The molecule has 4 rings (SSSR count). The van der Waals surface area contributed by atoms with E-state index in [-0.39, 0.29) is 31.2 Å². The van der Waals surface area contributed by atoms with Crippen molar-refractivity contribution in [1.82, 2.24) is 25.4 Å². The number of hydrogen-bond acceptors (Lipinski definition) is 4. The standard InChI is InChI=1S/C24H28F3N5O/c1-32(2)19(11-16-5-6-21-18(10-16)14-30-31-21)15-29-22(33)12-20(17-4-3-9-28-13-17)23(7-8-23)24(25,26)27/h3-6,9-10,13-14,19-20H,7-8,11-12,15H2,1-2H3,(H,29,33)(H,30,31)/t19-,20+/m0/s1. The van der Waals surface area contributed by atoms with E-state index >= 15 is 0 Å². The number of aromatic amines is 1. The Bertz CT molecular complexity index is 1090. The summed E-state index contributed by atoms with van der Waals surface area (Å²) in [6.45, 7) is 0.341. The predicted octanol–water partition coefficient (Wildman–Crippen LogP) is 4.06. The van der Waals surface area contributed by atoms with Crippen LogP contribution < -0.4 is 5.32 Å². The van der Waals surface area contributed by atoms with Crippen molar-refractivity contribution in [2.75, 3.05) is 20.6 Å². The third kappa shape index (κ3) is 5.03. The molecule has 0 aliphatic heterocycles. The maximum absolute atomic E-state index is 13.9. The van der Waals surface area contributed by atoms with Crippen LogP contribution in [0.5, 0.6) is 0 Å². The summed E-state index contributed by atoms with van der Waals surface area (Å²) in [6.07, 6.45) is 0.929. The fourth-order valence-corrected chi connectivity index (χ4v) is 4.50. The number of benzene rings is 1. The smallest absolute Gasteiger partial charge is 0.355 e. The average Bonchev–Trinajstić information content (AvgIpc) is 3.47. The third-order valence-corrected chi connectivity index (χ3v) is 6.74. The zero-order valence-electron chi connectivity index (χ0n) is 18.7. The van der Waals surface area contributed by atoms with E-state index in [1.54, 1.807) is 18.3 Å². The highest BCUT2D eigenvalue weighted by Crippen LogP contribution is 2.66. The van der Waals surface area contributed by atoms with Gasteiger partial charge in [0.15, 0.2) is 0 Å². The van der Waals surface area contributed by atoms with Crippen LogP contribution in [0.1, 0.15) is 36.3 Å². The lowest BCUT2D eigenvalue weighted by atomic mass is 9.80. The van der Waals surface area contributed by atoms with E-state index in [2.05, 4.69) is 26.6 Å². The van der Waals surface area contributed by atoms with Gasteiger partial charge in [0, 0.05) is 42.7 Å². The molecule has 9 heteroatoms. The summed E-state index contributed by atoms with van der Waals surface area (Å²) < 4.78 is 41.6. The Balaban J connectivity index is 1.43. The minimum Gasteiger partial charge on any atom is -0.355 e. The highest BCUT2D eigenvalue weighted by atomic mass is 19.4. The third-order valence-electron chi connectivity index (χ3n) is 6.74. The van der Waals surface area contributed by atoms with Gasteiger partial charge in [0.1, 0.15) is 0 Å². The normalized spacial score (nSPS) is 17.2. The molecule has 1 aromatic carbocycles. The average molecular weight is 460 g/mol. The summed E-state index contributed by atoms with van der Waals surface area (Å²) in [6, 6.07) is 9.27. The summed E-state index contributed by atoms with van der Waals surface area (Å²) in [5.74, 6) is -1.32. The Kier molecular flexibility index (Phi) is 6.43. The second-order valence-electron chi connectivity index (χ2n) is 9.11. The molecule has 0 bridgehead atoms. The van der Waals surface area contributed by atoms with Gasteiger partial charge in [-0.05, 0) is 62.7 Å². The van der Waals surface area contributed by atoms with Gasteiger partial charge in [0.25, 0.3) is 0 Å². The fraction of sp³-hybridized carbons (Fsp3) is 0.458. The molecule has 2 N–H and O–H groups in total. The van der Waals surface area contributed by atoms with Crippen LogP contribution in [0.25, 0.3) is 10.9 Å². The van der Waals surface area contributed by atoms with Crippen molar-refractivity contribution in [3.63, 3.8) is 0 Å². The number of fused-ring (bicyclic) bond motifs is 1. The molecule has 2 heterocycles. The summed E-state index contributed by atoms with van der Waals surface area (Å²) in [4.78, 5) is 18.8. The first-order valence-corrected chi connectivity index (χ1v) is 11.0. The number of hydrogen-bond donors (Lipinski definition) is 2. The van der Waals surface area contributed by atoms with Gasteiger partial charge < -0.3 is 10.2 Å². The number of aromatic nitrogens is 3. The summed E-state index contributed by atoms with van der Waals surface area (Å²) in [5.41, 5.74) is 0.668. The van der Waals surface area contributed by atoms with Crippen LogP contribution in [-0.4, -0.2) is 58.8 Å². The summed E-state index contributed by atoms with van der Waals surface area (Å²) >= 11 is 0. The van der Waals surface area contributed by atoms with Gasteiger partial charge in [-0.1, -0.05) is 12.1 Å². The van der Waals surface area contributed by atoms with Crippen molar-refractivity contribution in [1.29, 1.82) is 0 Å². The summed E-state index contributed by atoms with van der Waals surface area (Å²) in [5, 5.41) is 10.8. The zero-order valence-corrected chi connectivity index (χ0v) is 18.7. The number of carbonyl (C=O) groups excluding carboxylic acids is 1. The second-order valence-corrected chi connectivity index (χ2v) is 9.11. The van der Waals surface area contributed by atoms with E-state index < -0.39 is 17.5 Å². The lowest BCUT2D eigenvalue weighted by Crippen LogP contribution is -2.42. The van der Waals surface area contributed by atoms with Crippen LogP contribution in [0.15, 0.2) is 48.9 Å². The number of likely N-dealkylation sites (N-methyl/N-ethyl adjacent to an activating group) is 1. The molecule has 6 nitrogen and oxygen atoms in total. The van der Waals surface area contributed by atoms with Gasteiger partial charge >= 0.3 is 6.18 Å². The molecule has 1 aliphatic rings. The Morgan fingerprint density at radius 3 is 2.67 bits per heavy atom. The van der Waals surface area contributed by atoms with E-state index in [0.717, 1.165) is 16.5 Å². The number of carbonyl (C=O) groups is 1. The minimum atomic E-state index is -4.36. The Labute approximate surface area is 190 Å². The van der Waals surface area contributed by atoms with Crippen LogP contribution >= 0.6 is 0 Å². The zero-order chi connectivity index (χ0) is 23.6. The maximum atomic E-state index is 13.9. The molecule has 2 atom stereocenters. The van der Waals surface area contributed by atoms with Crippen molar-refractivity contribution in [2.24, 2.45) is 5.41 Å². The van der Waals surface area contributed by atoms with Crippen LogP contribution in [-0.2, 0) is 11.2 Å². The second kappa shape index (κ2) is 9.13. The van der Waals surface area contributed by atoms with Crippen LogP contribution in [0, 0.1) is 5.41 Å². The van der Waals surface area contributed by atoms with Crippen LogP contribution in [0.4, 0.5) is 13.2 Å². The Morgan fingerprint density at radius 2 is 2.03 bits per heavy atom. The molecule has 0 spiro atoms. The lowest BCUT2D eigenvalue weighted by Gasteiger charge is -2.30. The van der Waals surface area contributed by atoms with E-state index in [4.69, 9.17) is 0 Å². The lowest BCUT2D eigenvalue weighted by molar-refractivity contribution is -0.194. The molecule has 0 unspecified atom stereocenters. The number of pyridine rings is 1. The van der Waals surface area contributed by atoms with Crippen molar-refractivity contribution in [3.05, 3.63) is 60.0 Å². The number of H-pyrrole nitrogens is 1. The fourth-order valence-electron chi connectivity index (χ4n) is 4.50. The molecule has 1 amide bonds. The van der Waals surface area contributed by atoms with Crippen LogP contribution in [0.3, 0.4) is 0 Å². The van der Waals surface area contributed by atoms with E-state index in [1.807, 2.05) is 31.1 Å². The van der Waals surface area contributed by atoms with Gasteiger partial charge in [-0.25, -0.2) is 0 Å². The number of rotatable bonds is 9. The van der Waals surface area contributed by atoms with Crippen LogP contribution in [0.2, 0.25) is 0 Å². The van der Waals surface area contributed by atoms with E-state index in [9.17, 15) is 18.0 Å². The monoisotopic (exact) mass is 459 g/mol. The number of amides is 1. The predicted molar refractivity (Wildman–Crippen MR) is 120 cm³/mol. The molecular weight excluding hydrogens is 431 g/mol. The first-order valence-electron chi connectivity index (χ1n) is 11.0. The van der Waals surface area contributed by atoms with Gasteiger partial charge in [0.2, 0.25) is 5.91 Å². The number of nitrogens with one attached hydrogen (secondary N) is 2. The first-order chi connectivity index (χ1) is 15.7. The van der Waals surface area contributed by atoms with Crippen molar-refractivity contribution < 1.29 is 18.0 Å². The number of halogens is 3. The van der Waals surface area contributed by atoms with Crippen molar-refractivity contribution in [2.45, 2.75) is 43.8 Å². The highest BCUT2D eigenvalue weighted by Gasteiger charge is 2.67. The molecule has 0 saturated heterocycles. The largest absolute Gasteiger partial charge is 0.395 e.